The Labute approximate surface area is 188 Å². The van der Waals surface area contributed by atoms with E-state index in [4.69, 9.17) is 34.4 Å². The molecule has 164 valence electrons. The Kier molecular flexibility index (Phi) is 7.08. The molecular weight excluding hydrogens is 396 g/mol. The molecule has 4 aromatic carbocycles. The van der Waals surface area contributed by atoms with Crippen LogP contribution in [0.3, 0.4) is 0 Å². The molecule has 0 saturated carbocycles. The van der Waals surface area contributed by atoms with Crippen molar-refractivity contribution >= 4 is 34.1 Å². The van der Waals surface area contributed by atoms with Gasteiger partial charge in [-0.2, -0.15) is 0 Å². The predicted molar refractivity (Wildman–Crippen MR) is 138 cm³/mol. The molecule has 0 aliphatic heterocycles. The lowest BCUT2D eigenvalue weighted by molar-refractivity contribution is 1.20. The van der Waals surface area contributed by atoms with E-state index in [2.05, 4.69) is 12.1 Å². The van der Waals surface area contributed by atoms with Crippen LogP contribution in [-0.2, 0) is 12.8 Å². The Morgan fingerprint density at radius 3 is 1.09 bits per heavy atom. The van der Waals surface area contributed by atoms with Crippen LogP contribution in [0.15, 0.2) is 84.9 Å². The molecular formula is C26H30N6. The standard InChI is InChI=1S/C13H16N4.C13H14N2/c14-10-3-1-8(6-12(10)16)5-9-2-4-11(15)13(17)7-9;14-12-5-1-3-10(8-12)7-11-4-2-6-13(15)9-11/h1-4,6-7H,5,14-17H2;1-6,8-9H,7,14-15H2. The summed E-state index contributed by atoms with van der Waals surface area (Å²) in [5.74, 6) is 0. The van der Waals surface area contributed by atoms with Gasteiger partial charge in [0.1, 0.15) is 0 Å². The van der Waals surface area contributed by atoms with E-state index < -0.39 is 0 Å². The van der Waals surface area contributed by atoms with Gasteiger partial charge in [0.05, 0.1) is 22.7 Å². The minimum Gasteiger partial charge on any atom is -0.399 e. The van der Waals surface area contributed by atoms with Crippen molar-refractivity contribution in [3.8, 4) is 0 Å². The van der Waals surface area contributed by atoms with Gasteiger partial charge in [-0.3, -0.25) is 0 Å². The number of nitrogen functional groups attached to an aromatic ring is 6. The number of hydrogen-bond acceptors (Lipinski definition) is 6. The molecule has 0 aromatic heterocycles. The van der Waals surface area contributed by atoms with Crippen molar-refractivity contribution < 1.29 is 0 Å². The third-order valence-electron chi connectivity index (χ3n) is 5.02. The summed E-state index contributed by atoms with van der Waals surface area (Å²) in [6, 6.07) is 27.1. The van der Waals surface area contributed by atoms with Crippen LogP contribution in [0.4, 0.5) is 34.1 Å². The Hall–Kier alpha value is -4.32. The molecule has 6 nitrogen and oxygen atoms in total. The largest absolute Gasteiger partial charge is 0.399 e. The summed E-state index contributed by atoms with van der Waals surface area (Å²) in [5.41, 5.74) is 42.9. The first-order valence-electron chi connectivity index (χ1n) is 10.3. The Balaban J connectivity index is 0.000000182. The normalized spacial score (nSPS) is 10.2. The summed E-state index contributed by atoms with van der Waals surface area (Å²) in [6.45, 7) is 0. The van der Waals surface area contributed by atoms with Crippen molar-refractivity contribution in [2.45, 2.75) is 12.8 Å². The Morgan fingerprint density at radius 1 is 0.375 bits per heavy atom. The SMILES string of the molecule is Nc1ccc(Cc2ccc(N)c(N)c2)cc1N.Nc1cccc(Cc2cccc(N)c2)c1. The third kappa shape index (κ3) is 6.34. The highest BCUT2D eigenvalue weighted by molar-refractivity contribution is 5.66. The quantitative estimate of drug-likeness (QED) is 0.270. The monoisotopic (exact) mass is 426 g/mol. The van der Waals surface area contributed by atoms with Crippen LogP contribution in [0.5, 0.6) is 0 Å². The lowest BCUT2D eigenvalue weighted by Crippen LogP contribution is -1.98. The van der Waals surface area contributed by atoms with E-state index in [0.717, 1.165) is 35.3 Å². The highest BCUT2D eigenvalue weighted by atomic mass is 14.7. The van der Waals surface area contributed by atoms with Gasteiger partial charge in [-0.05, 0) is 83.6 Å². The number of benzene rings is 4. The van der Waals surface area contributed by atoms with Crippen molar-refractivity contribution in [3.05, 3.63) is 107 Å². The summed E-state index contributed by atoms with van der Waals surface area (Å²) in [7, 11) is 0. The van der Waals surface area contributed by atoms with Gasteiger partial charge in [0.15, 0.2) is 0 Å². The highest BCUT2D eigenvalue weighted by Crippen LogP contribution is 2.21. The minimum absolute atomic E-state index is 0.602. The molecule has 0 spiro atoms. The molecule has 6 heteroatoms. The molecule has 0 unspecified atom stereocenters. The van der Waals surface area contributed by atoms with Crippen molar-refractivity contribution in [1.29, 1.82) is 0 Å². The molecule has 0 saturated heterocycles. The summed E-state index contributed by atoms with van der Waals surface area (Å²) in [4.78, 5) is 0. The lowest BCUT2D eigenvalue weighted by Gasteiger charge is -2.07. The van der Waals surface area contributed by atoms with Crippen molar-refractivity contribution in [1.82, 2.24) is 0 Å². The Bertz CT molecular complexity index is 1110. The van der Waals surface area contributed by atoms with E-state index in [-0.39, 0.29) is 0 Å². The zero-order chi connectivity index (χ0) is 23.1. The zero-order valence-electron chi connectivity index (χ0n) is 18.0. The first kappa shape index (κ1) is 22.4. The molecule has 0 aliphatic rings. The first-order chi connectivity index (χ1) is 15.3. The molecule has 0 bridgehead atoms. The average Bonchev–Trinajstić information content (AvgIpc) is 2.74. The molecule has 0 radical (unpaired) electrons. The van der Waals surface area contributed by atoms with E-state index in [1.807, 2.05) is 72.8 Å². The molecule has 32 heavy (non-hydrogen) atoms. The van der Waals surface area contributed by atoms with E-state index >= 15 is 0 Å². The van der Waals surface area contributed by atoms with Crippen LogP contribution < -0.4 is 34.4 Å². The fourth-order valence-corrected chi connectivity index (χ4v) is 3.35. The summed E-state index contributed by atoms with van der Waals surface area (Å²) >= 11 is 0. The van der Waals surface area contributed by atoms with Crippen molar-refractivity contribution in [2.24, 2.45) is 0 Å². The fraction of sp³-hybridized carbons (Fsp3) is 0.0769. The zero-order valence-corrected chi connectivity index (χ0v) is 18.0. The van der Waals surface area contributed by atoms with Gasteiger partial charge in [0.2, 0.25) is 0 Å². The molecule has 0 fully saturated rings. The van der Waals surface area contributed by atoms with Gasteiger partial charge >= 0.3 is 0 Å². The minimum atomic E-state index is 0.602. The maximum atomic E-state index is 5.76. The van der Waals surface area contributed by atoms with Crippen LogP contribution in [0.25, 0.3) is 0 Å². The molecule has 4 aromatic rings. The maximum absolute atomic E-state index is 5.76. The maximum Gasteiger partial charge on any atom is 0.0550 e. The van der Waals surface area contributed by atoms with Crippen LogP contribution in [0, 0.1) is 0 Å². The first-order valence-corrected chi connectivity index (χ1v) is 10.3. The molecule has 0 atom stereocenters. The van der Waals surface area contributed by atoms with Gasteiger partial charge in [0.25, 0.3) is 0 Å². The number of nitrogens with two attached hydrogens (primary N) is 6. The van der Waals surface area contributed by atoms with Gasteiger partial charge in [-0.1, -0.05) is 36.4 Å². The van der Waals surface area contributed by atoms with Crippen molar-refractivity contribution in [3.63, 3.8) is 0 Å². The number of rotatable bonds is 4. The van der Waals surface area contributed by atoms with Crippen LogP contribution >= 0.6 is 0 Å². The van der Waals surface area contributed by atoms with Gasteiger partial charge < -0.3 is 34.4 Å². The van der Waals surface area contributed by atoms with Crippen molar-refractivity contribution in [2.75, 3.05) is 34.4 Å². The van der Waals surface area contributed by atoms with Gasteiger partial charge in [-0.15, -0.1) is 0 Å². The lowest BCUT2D eigenvalue weighted by atomic mass is 10.0. The summed E-state index contributed by atoms with van der Waals surface area (Å²) in [5, 5.41) is 0. The summed E-state index contributed by atoms with van der Waals surface area (Å²) in [6.07, 6.45) is 1.63. The molecule has 4 rings (SSSR count). The molecule has 0 heterocycles. The van der Waals surface area contributed by atoms with Crippen LogP contribution in [0.1, 0.15) is 22.3 Å². The second-order valence-corrected chi connectivity index (χ2v) is 7.77. The topological polar surface area (TPSA) is 156 Å². The smallest absolute Gasteiger partial charge is 0.0550 e. The Morgan fingerprint density at radius 2 is 0.750 bits per heavy atom. The van der Waals surface area contributed by atoms with E-state index in [1.54, 1.807) is 0 Å². The van der Waals surface area contributed by atoms with Gasteiger partial charge in [-0.25, -0.2) is 0 Å². The van der Waals surface area contributed by atoms with Crippen LogP contribution in [0.2, 0.25) is 0 Å². The number of anilines is 6. The molecule has 12 N–H and O–H groups in total. The predicted octanol–water partition coefficient (Wildman–Crippen LogP) is 4.05. The number of hydrogen-bond donors (Lipinski definition) is 6. The average molecular weight is 427 g/mol. The second-order valence-electron chi connectivity index (χ2n) is 7.77. The van der Waals surface area contributed by atoms with E-state index in [1.165, 1.54) is 11.1 Å². The van der Waals surface area contributed by atoms with E-state index in [9.17, 15) is 0 Å². The van der Waals surface area contributed by atoms with E-state index in [0.29, 0.717) is 22.7 Å². The third-order valence-corrected chi connectivity index (χ3v) is 5.02. The van der Waals surface area contributed by atoms with Crippen LogP contribution in [-0.4, -0.2) is 0 Å². The molecule has 0 amide bonds. The summed E-state index contributed by atoms with van der Waals surface area (Å²) < 4.78 is 0. The fourth-order valence-electron chi connectivity index (χ4n) is 3.35. The molecule has 0 aliphatic carbocycles. The highest BCUT2D eigenvalue weighted by Gasteiger charge is 2.02. The van der Waals surface area contributed by atoms with Gasteiger partial charge in [0, 0.05) is 11.4 Å². The second kappa shape index (κ2) is 10.1.